The van der Waals surface area contributed by atoms with Crippen LogP contribution in [0.4, 0.5) is 0 Å². The molecule has 6 nitrogen and oxygen atoms in total. The summed E-state index contributed by atoms with van der Waals surface area (Å²) in [5.41, 5.74) is 2.24. The molecule has 0 bridgehead atoms. The Morgan fingerprint density at radius 1 is 1.26 bits per heavy atom. The van der Waals surface area contributed by atoms with Gasteiger partial charge in [0.1, 0.15) is 0 Å². The highest BCUT2D eigenvalue weighted by molar-refractivity contribution is 7.90. The molecule has 0 unspecified atom stereocenters. The van der Waals surface area contributed by atoms with E-state index in [2.05, 4.69) is 5.10 Å². The predicted octanol–water partition coefficient (Wildman–Crippen LogP) is 1.97. The van der Waals surface area contributed by atoms with E-state index in [9.17, 15) is 13.2 Å². The third-order valence-electron chi connectivity index (χ3n) is 4.16. The summed E-state index contributed by atoms with van der Waals surface area (Å²) in [6, 6.07) is 6.42. The molecule has 1 atom stereocenters. The quantitative estimate of drug-likeness (QED) is 0.856. The van der Waals surface area contributed by atoms with Gasteiger partial charge in [-0.2, -0.15) is 5.10 Å². The first-order valence-electron chi connectivity index (χ1n) is 7.18. The lowest BCUT2D eigenvalue weighted by atomic mass is 10.1. The second-order valence-corrected chi connectivity index (χ2v) is 7.72. The molecule has 23 heavy (non-hydrogen) atoms. The van der Waals surface area contributed by atoms with Crippen LogP contribution >= 0.6 is 0 Å². The Bertz CT molecular complexity index is 823. The van der Waals surface area contributed by atoms with Crippen LogP contribution in [0.3, 0.4) is 0 Å². The van der Waals surface area contributed by atoms with Gasteiger partial charge in [0.25, 0.3) is 5.91 Å². The number of aromatic nitrogens is 2. The van der Waals surface area contributed by atoms with Crippen LogP contribution < -0.4 is 0 Å². The number of hydrogen-bond donors (Lipinski definition) is 0. The zero-order valence-corrected chi connectivity index (χ0v) is 14.8. The Morgan fingerprint density at radius 2 is 1.83 bits per heavy atom. The molecule has 0 fully saturated rings. The summed E-state index contributed by atoms with van der Waals surface area (Å²) in [7, 11) is 0.298. The summed E-state index contributed by atoms with van der Waals surface area (Å²) in [5, 5.41) is 4.09. The molecule has 0 saturated carbocycles. The molecule has 2 rings (SSSR count). The van der Waals surface area contributed by atoms with Crippen molar-refractivity contribution < 1.29 is 13.2 Å². The maximum Gasteiger partial charge on any atom is 0.257 e. The van der Waals surface area contributed by atoms with E-state index in [1.807, 2.05) is 13.8 Å². The minimum atomic E-state index is -3.22. The summed E-state index contributed by atoms with van der Waals surface area (Å²) < 4.78 is 24.7. The number of hydrogen-bond acceptors (Lipinski definition) is 4. The normalized spacial score (nSPS) is 12.9. The Kier molecular flexibility index (Phi) is 4.61. The Balaban J connectivity index is 2.24. The van der Waals surface area contributed by atoms with Crippen LogP contribution in [-0.4, -0.2) is 42.3 Å². The summed E-state index contributed by atoms with van der Waals surface area (Å²) in [6.07, 6.45) is 2.74. The van der Waals surface area contributed by atoms with Crippen molar-refractivity contribution in [2.24, 2.45) is 7.05 Å². The van der Waals surface area contributed by atoms with E-state index < -0.39 is 9.84 Å². The minimum absolute atomic E-state index is 0.115. The van der Waals surface area contributed by atoms with Crippen LogP contribution in [-0.2, 0) is 16.9 Å². The third kappa shape index (κ3) is 3.44. The van der Waals surface area contributed by atoms with Crippen molar-refractivity contribution in [2.75, 3.05) is 13.3 Å². The number of carbonyl (C=O) groups is 1. The van der Waals surface area contributed by atoms with E-state index in [-0.39, 0.29) is 16.8 Å². The largest absolute Gasteiger partial charge is 0.335 e. The molecule has 0 N–H and O–H groups in total. The first-order valence-corrected chi connectivity index (χ1v) is 9.08. The molecule has 0 radical (unpaired) electrons. The SMILES string of the molecule is Cc1c(C(=O)N(C)[C@@H](C)c2ccc(S(C)(=O)=O)cc2)cnn1C. The van der Waals surface area contributed by atoms with Gasteiger partial charge in [0.05, 0.1) is 22.7 Å². The molecule has 0 spiro atoms. The van der Waals surface area contributed by atoms with Crippen molar-refractivity contribution in [1.29, 1.82) is 0 Å². The fraction of sp³-hybridized carbons (Fsp3) is 0.375. The van der Waals surface area contributed by atoms with Gasteiger partial charge in [-0.15, -0.1) is 0 Å². The molecule has 0 aliphatic rings. The van der Waals surface area contributed by atoms with Gasteiger partial charge < -0.3 is 4.90 Å². The first kappa shape index (κ1) is 17.2. The molecule has 1 aromatic heterocycles. The van der Waals surface area contributed by atoms with Crippen molar-refractivity contribution in [1.82, 2.24) is 14.7 Å². The number of amides is 1. The maximum atomic E-state index is 12.6. The fourth-order valence-corrected chi connectivity index (χ4v) is 2.92. The van der Waals surface area contributed by atoms with Gasteiger partial charge in [-0.25, -0.2) is 8.42 Å². The average molecular weight is 335 g/mol. The van der Waals surface area contributed by atoms with Crippen molar-refractivity contribution in [3.05, 3.63) is 47.3 Å². The monoisotopic (exact) mass is 335 g/mol. The van der Waals surface area contributed by atoms with Crippen molar-refractivity contribution in [3.8, 4) is 0 Å². The molecule has 2 aromatic rings. The Hall–Kier alpha value is -2.15. The molecule has 1 heterocycles. The highest BCUT2D eigenvalue weighted by Gasteiger charge is 2.22. The minimum Gasteiger partial charge on any atom is -0.335 e. The van der Waals surface area contributed by atoms with Gasteiger partial charge >= 0.3 is 0 Å². The van der Waals surface area contributed by atoms with E-state index in [0.29, 0.717) is 5.56 Å². The molecular formula is C16H21N3O3S. The lowest BCUT2D eigenvalue weighted by Crippen LogP contribution is -2.30. The number of sulfone groups is 1. The molecule has 0 aliphatic heterocycles. The molecule has 7 heteroatoms. The molecule has 1 amide bonds. The second kappa shape index (κ2) is 6.16. The van der Waals surface area contributed by atoms with Crippen molar-refractivity contribution in [2.45, 2.75) is 24.8 Å². The third-order valence-corrected chi connectivity index (χ3v) is 5.29. The number of aryl methyl sites for hydroxylation is 1. The predicted molar refractivity (Wildman–Crippen MR) is 88.0 cm³/mol. The molecule has 0 saturated heterocycles. The summed E-state index contributed by atoms with van der Waals surface area (Å²) >= 11 is 0. The van der Waals surface area contributed by atoms with Gasteiger partial charge in [-0.05, 0) is 31.5 Å². The lowest BCUT2D eigenvalue weighted by Gasteiger charge is -2.25. The van der Waals surface area contributed by atoms with Crippen LogP contribution in [0.1, 0.15) is 34.6 Å². The number of benzene rings is 1. The van der Waals surface area contributed by atoms with Gasteiger partial charge in [0, 0.05) is 26.0 Å². The van der Waals surface area contributed by atoms with Crippen LogP contribution in [0, 0.1) is 6.92 Å². The van der Waals surface area contributed by atoms with Gasteiger partial charge in [0.2, 0.25) is 0 Å². The van der Waals surface area contributed by atoms with E-state index in [4.69, 9.17) is 0 Å². The molecule has 124 valence electrons. The Morgan fingerprint density at radius 3 is 2.26 bits per heavy atom. The van der Waals surface area contributed by atoms with Gasteiger partial charge in [0.15, 0.2) is 9.84 Å². The summed E-state index contributed by atoms with van der Waals surface area (Å²) in [6.45, 7) is 3.75. The summed E-state index contributed by atoms with van der Waals surface area (Å²) in [4.78, 5) is 14.5. The van der Waals surface area contributed by atoms with E-state index in [0.717, 1.165) is 11.3 Å². The highest BCUT2D eigenvalue weighted by atomic mass is 32.2. The fourth-order valence-electron chi connectivity index (χ4n) is 2.29. The zero-order valence-electron chi connectivity index (χ0n) is 13.9. The topological polar surface area (TPSA) is 72.3 Å². The average Bonchev–Trinajstić information content (AvgIpc) is 2.84. The number of nitrogens with zero attached hydrogens (tertiary/aromatic N) is 3. The maximum absolute atomic E-state index is 12.6. The van der Waals surface area contributed by atoms with Gasteiger partial charge in [-0.1, -0.05) is 12.1 Å². The Labute approximate surface area is 136 Å². The first-order chi connectivity index (χ1) is 10.6. The zero-order chi connectivity index (χ0) is 17.4. The van der Waals surface area contributed by atoms with Crippen molar-refractivity contribution in [3.63, 3.8) is 0 Å². The van der Waals surface area contributed by atoms with Crippen LogP contribution in [0.25, 0.3) is 0 Å². The van der Waals surface area contributed by atoms with Crippen LogP contribution in [0.5, 0.6) is 0 Å². The van der Waals surface area contributed by atoms with E-state index in [1.165, 1.54) is 6.26 Å². The summed E-state index contributed by atoms with van der Waals surface area (Å²) in [5.74, 6) is -0.115. The van der Waals surface area contributed by atoms with E-state index >= 15 is 0 Å². The van der Waals surface area contributed by atoms with Gasteiger partial charge in [-0.3, -0.25) is 9.48 Å². The lowest BCUT2D eigenvalue weighted by molar-refractivity contribution is 0.0741. The number of rotatable bonds is 4. The molecular weight excluding hydrogens is 314 g/mol. The molecule has 1 aromatic carbocycles. The smallest absolute Gasteiger partial charge is 0.257 e. The molecule has 0 aliphatic carbocycles. The second-order valence-electron chi connectivity index (χ2n) is 5.70. The van der Waals surface area contributed by atoms with Crippen LogP contribution in [0.15, 0.2) is 35.4 Å². The van der Waals surface area contributed by atoms with Crippen molar-refractivity contribution >= 4 is 15.7 Å². The van der Waals surface area contributed by atoms with Crippen LogP contribution in [0.2, 0.25) is 0 Å². The number of carbonyl (C=O) groups excluding carboxylic acids is 1. The standard InChI is InChI=1S/C16H21N3O3S/c1-11(13-6-8-14(9-7-13)23(5,21)22)18(3)16(20)15-10-17-19(4)12(15)2/h6-11H,1-5H3/t11-/m0/s1. The highest BCUT2D eigenvalue weighted by Crippen LogP contribution is 2.23. The van der Waals surface area contributed by atoms with E-state index in [1.54, 1.807) is 54.1 Å².